The molecule has 0 aliphatic heterocycles. The van der Waals surface area contributed by atoms with Crippen LogP contribution in [-0.4, -0.2) is 15.5 Å². The fourth-order valence-electron chi connectivity index (χ4n) is 3.20. The van der Waals surface area contributed by atoms with Crippen molar-refractivity contribution in [3.05, 3.63) is 63.9 Å². The first kappa shape index (κ1) is 18.5. The normalized spacial score (nSPS) is 11.4. The standard InChI is InChI=1S/C21H24ClN3O/c1-4-7-19-24-20-16(21(23)26)10-15(13(2)3)11-18(20)25(19)12-14-8-5-6-9-17(14)22/h5-6,8-11,13H,4,7,12H2,1-3H3,(H2,23,26). The summed E-state index contributed by atoms with van der Waals surface area (Å²) >= 11 is 6.38. The summed E-state index contributed by atoms with van der Waals surface area (Å²) in [6.07, 6.45) is 1.79. The van der Waals surface area contributed by atoms with E-state index in [1.807, 2.05) is 30.3 Å². The smallest absolute Gasteiger partial charge is 0.250 e. The molecule has 2 N–H and O–H groups in total. The second kappa shape index (κ2) is 7.50. The predicted molar refractivity (Wildman–Crippen MR) is 107 cm³/mol. The number of nitrogens with two attached hydrogens (primary N) is 1. The minimum Gasteiger partial charge on any atom is -0.366 e. The SMILES string of the molecule is CCCc1nc2c(C(N)=O)cc(C(C)C)cc2n1Cc1ccccc1Cl. The quantitative estimate of drug-likeness (QED) is 0.670. The lowest BCUT2D eigenvalue weighted by molar-refractivity contribution is 0.100. The number of amides is 1. The number of aromatic nitrogens is 2. The minimum absolute atomic E-state index is 0.288. The van der Waals surface area contributed by atoms with Gasteiger partial charge < -0.3 is 10.3 Å². The van der Waals surface area contributed by atoms with E-state index in [2.05, 4.69) is 31.4 Å². The molecule has 2 aromatic carbocycles. The van der Waals surface area contributed by atoms with Crippen molar-refractivity contribution in [2.75, 3.05) is 0 Å². The molecule has 5 heteroatoms. The number of carbonyl (C=O) groups is 1. The number of hydrogen-bond acceptors (Lipinski definition) is 2. The molecule has 3 rings (SSSR count). The lowest BCUT2D eigenvalue weighted by Crippen LogP contribution is -2.12. The maximum Gasteiger partial charge on any atom is 0.250 e. The van der Waals surface area contributed by atoms with Crippen LogP contribution in [0.2, 0.25) is 5.02 Å². The molecular weight excluding hydrogens is 346 g/mol. The lowest BCUT2D eigenvalue weighted by Gasteiger charge is -2.12. The Balaban J connectivity index is 2.26. The fourth-order valence-corrected chi connectivity index (χ4v) is 3.40. The third-order valence-corrected chi connectivity index (χ3v) is 5.02. The van der Waals surface area contributed by atoms with Gasteiger partial charge >= 0.3 is 0 Å². The summed E-state index contributed by atoms with van der Waals surface area (Å²) in [6.45, 7) is 6.94. The Kier molecular flexibility index (Phi) is 5.33. The second-order valence-corrected chi connectivity index (χ2v) is 7.32. The van der Waals surface area contributed by atoms with E-state index >= 15 is 0 Å². The van der Waals surface area contributed by atoms with Crippen LogP contribution in [0, 0.1) is 0 Å². The van der Waals surface area contributed by atoms with E-state index in [0.29, 0.717) is 17.6 Å². The van der Waals surface area contributed by atoms with Crippen LogP contribution in [0.5, 0.6) is 0 Å². The zero-order chi connectivity index (χ0) is 18.8. The number of carbonyl (C=O) groups excluding carboxylic acids is 1. The molecule has 1 amide bonds. The highest BCUT2D eigenvalue weighted by Gasteiger charge is 2.19. The van der Waals surface area contributed by atoms with Gasteiger partial charge in [-0.2, -0.15) is 0 Å². The van der Waals surface area contributed by atoms with E-state index in [9.17, 15) is 4.79 Å². The molecule has 0 radical (unpaired) electrons. The van der Waals surface area contributed by atoms with E-state index < -0.39 is 5.91 Å². The van der Waals surface area contributed by atoms with Gasteiger partial charge in [-0.25, -0.2) is 4.98 Å². The largest absolute Gasteiger partial charge is 0.366 e. The summed E-state index contributed by atoms with van der Waals surface area (Å²) in [7, 11) is 0. The summed E-state index contributed by atoms with van der Waals surface area (Å²) in [5, 5.41) is 0.729. The van der Waals surface area contributed by atoms with Crippen molar-refractivity contribution in [3.8, 4) is 0 Å². The van der Waals surface area contributed by atoms with E-state index in [1.54, 1.807) is 0 Å². The van der Waals surface area contributed by atoms with Crippen LogP contribution in [0.25, 0.3) is 11.0 Å². The molecule has 0 saturated carbocycles. The molecule has 0 saturated heterocycles. The van der Waals surface area contributed by atoms with Crippen molar-refractivity contribution >= 4 is 28.5 Å². The highest BCUT2D eigenvalue weighted by atomic mass is 35.5. The van der Waals surface area contributed by atoms with Crippen molar-refractivity contribution in [1.82, 2.24) is 9.55 Å². The molecule has 1 aromatic heterocycles. The molecule has 0 fully saturated rings. The van der Waals surface area contributed by atoms with Gasteiger partial charge in [-0.3, -0.25) is 4.79 Å². The average molecular weight is 370 g/mol. The molecular formula is C21H24ClN3O. The number of hydrogen-bond donors (Lipinski definition) is 1. The third kappa shape index (κ3) is 3.47. The molecule has 0 aliphatic carbocycles. The monoisotopic (exact) mass is 369 g/mol. The zero-order valence-corrected chi connectivity index (χ0v) is 16.2. The summed E-state index contributed by atoms with van der Waals surface area (Å²) in [4.78, 5) is 16.8. The number of nitrogens with zero attached hydrogens (tertiary/aromatic N) is 2. The van der Waals surface area contributed by atoms with Gasteiger partial charge in [0, 0.05) is 11.4 Å². The molecule has 0 spiro atoms. The van der Waals surface area contributed by atoms with Crippen LogP contribution in [-0.2, 0) is 13.0 Å². The van der Waals surface area contributed by atoms with Crippen molar-refractivity contribution in [3.63, 3.8) is 0 Å². The molecule has 0 aliphatic rings. The van der Waals surface area contributed by atoms with Crippen molar-refractivity contribution in [1.29, 1.82) is 0 Å². The Labute approximate surface area is 159 Å². The third-order valence-electron chi connectivity index (χ3n) is 4.65. The molecule has 136 valence electrons. The summed E-state index contributed by atoms with van der Waals surface area (Å²) in [5.41, 5.74) is 9.86. The Morgan fingerprint density at radius 2 is 2.00 bits per heavy atom. The van der Waals surface area contributed by atoms with E-state index in [0.717, 1.165) is 40.3 Å². The first-order chi connectivity index (χ1) is 12.4. The van der Waals surface area contributed by atoms with Gasteiger partial charge in [0.1, 0.15) is 11.3 Å². The molecule has 0 atom stereocenters. The topological polar surface area (TPSA) is 60.9 Å². The van der Waals surface area contributed by atoms with Gasteiger partial charge in [0.05, 0.1) is 17.6 Å². The molecule has 26 heavy (non-hydrogen) atoms. The van der Waals surface area contributed by atoms with Crippen molar-refractivity contribution < 1.29 is 4.79 Å². The van der Waals surface area contributed by atoms with Gasteiger partial charge in [0.25, 0.3) is 5.91 Å². The van der Waals surface area contributed by atoms with Crippen LogP contribution in [0.4, 0.5) is 0 Å². The Hall–Kier alpha value is -2.33. The molecule has 1 heterocycles. The number of benzene rings is 2. The number of aryl methyl sites for hydroxylation is 1. The van der Waals surface area contributed by atoms with Crippen molar-refractivity contribution in [2.24, 2.45) is 5.73 Å². The molecule has 4 nitrogen and oxygen atoms in total. The maximum absolute atomic E-state index is 12.0. The molecule has 0 unspecified atom stereocenters. The highest BCUT2D eigenvalue weighted by molar-refractivity contribution is 6.31. The second-order valence-electron chi connectivity index (χ2n) is 6.91. The first-order valence-corrected chi connectivity index (χ1v) is 9.36. The average Bonchev–Trinajstić information content (AvgIpc) is 2.93. The summed E-state index contributed by atoms with van der Waals surface area (Å²) in [6, 6.07) is 11.8. The highest BCUT2D eigenvalue weighted by Crippen LogP contribution is 2.28. The first-order valence-electron chi connectivity index (χ1n) is 8.98. The van der Waals surface area contributed by atoms with Crippen LogP contribution >= 0.6 is 11.6 Å². The van der Waals surface area contributed by atoms with E-state index in [1.165, 1.54) is 0 Å². The molecule has 0 bridgehead atoms. The lowest BCUT2D eigenvalue weighted by atomic mass is 9.99. The Morgan fingerprint density at radius 3 is 2.62 bits per heavy atom. The Morgan fingerprint density at radius 1 is 1.27 bits per heavy atom. The van der Waals surface area contributed by atoms with E-state index in [4.69, 9.17) is 22.3 Å². The summed E-state index contributed by atoms with van der Waals surface area (Å²) in [5.74, 6) is 0.796. The van der Waals surface area contributed by atoms with Gasteiger partial charge in [-0.15, -0.1) is 0 Å². The maximum atomic E-state index is 12.0. The zero-order valence-electron chi connectivity index (χ0n) is 15.4. The summed E-state index contributed by atoms with van der Waals surface area (Å²) < 4.78 is 2.17. The molecule has 3 aromatic rings. The van der Waals surface area contributed by atoms with Gasteiger partial charge in [-0.05, 0) is 41.7 Å². The van der Waals surface area contributed by atoms with Crippen molar-refractivity contribution in [2.45, 2.75) is 46.1 Å². The number of fused-ring (bicyclic) bond motifs is 1. The van der Waals surface area contributed by atoms with Gasteiger partial charge in [0.15, 0.2) is 0 Å². The van der Waals surface area contributed by atoms with E-state index in [-0.39, 0.29) is 5.92 Å². The number of primary amides is 1. The predicted octanol–water partition coefficient (Wildman–Crippen LogP) is 4.91. The Bertz CT molecular complexity index is 959. The van der Waals surface area contributed by atoms with Gasteiger partial charge in [-0.1, -0.05) is 50.6 Å². The van der Waals surface area contributed by atoms with Crippen LogP contribution in [0.15, 0.2) is 36.4 Å². The fraction of sp³-hybridized carbons (Fsp3) is 0.333. The van der Waals surface area contributed by atoms with Gasteiger partial charge in [0.2, 0.25) is 0 Å². The number of rotatable bonds is 6. The van der Waals surface area contributed by atoms with Crippen LogP contribution in [0.1, 0.15) is 60.4 Å². The van der Waals surface area contributed by atoms with Crippen LogP contribution in [0.3, 0.4) is 0 Å². The minimum atomic E-state index is -0.442. The number of imidazole rings is 1. The van der Waals surface area contributed by atoms with Crippen LogP contribution < -0.4 is 5.73 Å². The number of halogens is 1.